The Labute approximate surface area is 205 Å². The lowest BCUT2D eigenvalue weighted by Gasteiger charge is -2.32. The van der Waals surface area contributed by atoms with Gasteiger partial charge in [0, 0.05) is 24.7 Å². The van der Waals surface area contributed by atoms with E-state index in [2.05, 4.69) is 84.3 Å². The van der Waals surface area contributed by atoms with Gasteiger partial charge in [-0.15, -0.1) is 5.10 Å². The molecule has 0 amide bonds. The molecule has 1 atom stereocenters. The number of nitrogens with zero attached hydrogens (tertiary/aromatic N) is 5. The number of rotatable bonds is 8. The normalized spacial score (nSPS) is 12.9. The number of hydrogen-bond acceptors (Lipinski definition) is 6. The van der Waals surface area contributed by atoms with Crippen molar-refractivity contribution in [1.29, 1.82) is 0 Å². The van der Waals surface area contributed by atoms with Gasteiger partial charge in [0.15, 0.2) is 5.82 Å². The molecule has 0 radical (unpaired) electrons. The van der Waals surface area contributed by atoms with E-state index in [1.807, 2.05) is 28.9 Å². The first kappa shape index (κ1) is 24.6. The second-order valence-electron chi connectivity index (χ2n) is 10.0. The molecule has 0 saturated heterocycles. The molecule has 8 heteroatoms. The second-order valence-corrected chi connectivity index (χ2v) is 10.0. The average molecular weight is 475 g/mol. The van der Waals surface area contributed by atoms with Crippen LogP contribution in [0.5, 0.6) is 5.75 Å². The van der Waals surface area contributed by atoms with Crippen LogP contribution in [0.3, 0.4) is 0 Å². The van der Waals surface area contributed by atoms with E-state index in [-0.39, 0.29) is 17.1 Å². The molecule has 2 aromatic carbocycles. The minimum absolute atomic E-state index is 0.0727. The molecular formula is C27H34N6O2. The summed E-state index contributed by atoms with van der Waals surface area (Å²) in [6.45, 7) is 11.6. The molecule has 0 spiro atoms. The van der Waals surface area contributed by atoms with Gasteiger partial charge < -0.3 is 9.72 Å². The predicted octanol–water partition coefficient (Wildman–Crippen LogP) is 4.74. The van der Waals surface area contributed by atoms with Crippen molar-refractivity contribution in [3.05, 3.63) is 81.4 Å². The third-order valence-corrected chi connectivity index (χ3v) is 6.26. The van der Waals surface area contributed by atoms with E-state index in [0.29, 0.717) is 24.4 Å². The largest absolute Gasteiger partial charge is 0.497 e. The minimum Gasteiger partial charge on any atom is -0.497 e. The van der Waals surface area contributed by atoms with Crippen LogP contribution in [0, 0.1) is 6.92 Å². The van der Waals surface area contributed by atoms with Crippen LogP contribution in [0.2, 0.25) is 0 Å². The lowest BCUT2D eigenvalue weighted by molar-refractivity contribution is 0.153. The van der Waals surface area contributed by atoms with Crippen molar-refractivity contribution in [2.24, 2.45) is 0 Å². The first-order valence-corrected chi connectivity index (χ1v) is 12.0. The highest BCUT2D eigenvalue weighted by Crippen LogP contribution is 2.29. The number of pyridine rings is 1. The maximum atomic E-state index is 13.1. The fourth-order valence-corrected chi connectivity index (χ4v) is 4.38. The number of aromatic nitrogens is 5. The molecule has 0 fully saturated rings. The monoisotopic (exact) mass is 474 g/mol. The summed E-state index contributed by atoms with van der Waals surface area (Å²) in [5.74, 6) is 1.51. The first-order valence-electron chi connectivity index (χ1n) is 12.0. The number of hydrogen-bond donors (Lipinski definition) is 1. The van der Waals surface area contributed by atoms with Gasteiger partial charge in [-0.05, 0) is 73.7 Å². The summed E-state index contributed by atoms with van der Waals surface area (Å²) in [6, 6.07) is 16.1. The smallest absolute Gasteiger partial charge is 0.252 e. The highest BCUT2D eigenvalue weighted by atomic mass is 16.5. The number of benzene rings is 2. The van der Waals surface area contributed by atoms with Crippen molar-refractivity contribution in [2.45, 2.75) is 65.7 Å². The molecular weight excluding hydrogens is 440 g/mol. The summed E-state index contributed by atoms with van der Waals surface area (Å²) >= 11 is 0. The second kappa shape index (κ2) is 10.00. The summed E-state index contributed by atoms with van der Waals surface area (Å²) in [7, 11) is 1.62. The van der Waals surface area contributed by atoms with Gasteiger partial charge in [0.05, 0.1) is 24.2 Å². The summed E-state index contributed by atoms with van der Waals surface area (Å²) in [6.07, 6.45) is 0.797. The van der Waals surface area contributed by atoms with Crippen LogP contribution in [0.1, 0.15) is 62.7 Å². The van der Waals surface area contributed by atoms with Gasteiger partial charge in [-0.2, -0.15) is 0 Å². The van der Waals surface area contributed by atoms with Gasteiger partial charge >= 0.3 is 0 Å². The third kappa shape index (κ3) is 5.43. The van der Waals surface area contributed by atoms with Crippen LogP contribution in [0.25, 0.3) is 10.9 Å². The van der Waals surface area contributed by atoms with Gasteiger partial charge in [0.25, 0.3) is 5.56 Å². The van der Waals surface area contributed by atoms with Gasteiger partial charge in [-0.1, -0.05) is 36.8 Å². The maximum absolute atomic E-state index is 13.1. The Morgan fingerprint density at radius 1 is 1.09 bits per heavy atom. The molecule has 35 heavy (non-hydrogen) atoms. The van der Waals surface area contributed by atoms with Gasteiger partial charge in [-0.3, -0.25) is 9.69 Å². The summed E-state index contributed by atoms with van der Waals surface area (Å²) in [4.78, 5) is 18.4. The van der Waals surface area contributed by atoms with E-state index in [9.17, 15) is 4.79 Å². The molecule has 0 unspecified atom stereocenters. The molecule has 184 valence electrons. The van der Waals surface area contributed by atoms with Crippen LogP contribution in [0.15, 0.2) is 53.3 Å². The number of nitrogens with one attached hydrogen (secondary N) is 1. The quantitative estimate of drug-likeness (QED) is 0.397. The standard InChI is InChI=1S/C27H34N6O2/c1-7-24(25-29-30-31-33(25)27(3,4)5)32(16-19-10-8-18(2)9-11-19)17-21-14-20-12-13-22(35-6)15-23(20)28-26(21)34/h8-15,24H,7,16-17H2,1-6H3,(H,28,34)/t24-/m0/s1. The van der Waals surface area contributed by atoms with Gasteiger partial charge in [0.2, 0.25) is 0 Å². The van der Waals surface area contributed by atoms with Crippen LogP contribution in [0.4, 0.5) is 0 Å². The zero-order chi connectivity index (χ0) is 25.2. The molecule has 4 aromatic rings. The number of fused-ring (bicyclic) bond motifs is 1. The topological polar surface area (TPSA) is 88.9 Å². The fraction of sp³-hybridized carbons (Fsp3) is 0.407. The summed E-state index contributed by atoms with van der Waals surface area (Å²) < 4.78 is 7.20. The molecule has 0 aliphatic heterocycles. The number of ether oxygens (including phenoxy) is 1. The van der Waals surface area contributed by atoms with E-state index in [1.54, 1.807) is 7.11 Å². The fourth-order valence-electron chi connectivity index (χ4n) is 4.38. The van der Waals surface area contributed by atoms with Crippen LogP contribution < -0.4 is 10.3 Å². The lowest BCUT2D eigenvalue weighted by Crippen LogP contribution is -2.35. The number of H-pyrrole nitrogens is 1. The Hall–Kier alpha value is -3.52. The van der Waals surface area contributed by atoms with Crippen LogP contribution in [-0.2, 0) is 18.6 Å². The van der Waals surface area contributed by atoms with Crippen molar-refractivity contribution in [3.8, 4) is 5.75 Å². The number of aromatic amines is 1. The lowest BCUT2D eigenvalue weighted by atomic mass is 10.0. The summed E-state index contributed by atoms with van der Waals surface area (Å²) in [5, 5.41) is 13.7. The molecule has 1 N–H and O–H groups in total. The third-order valence-electron chi connectivity index (χ3n) is 6.26. The van der Waals surface area contributed by atoms with Gasteiger partial charge in [-0.25, -0.2) is 4.68 Å². The maximum Gasteiger partial charge on any atom is 0.252 e. The molecule has 8 nitrogen and oxygen atoms in total. The Morgan fingerprint density at radius 2 is 1.83 bits per heavy atom. The van der Waals surface area contributed by atoms with E-state index < -0.39 is 0 Å². The van der Waals surface area contributed by atoms with E-state index in [1.165, 1.54) is 11.1 Å². The van der Waals surface area contributed by atoms with Crippen LogP contribution in [-0.4, -0.2) is 37.2 Å². The van der Waals surface area contributed by atoms with E-state index >= 15 is 0 Å². The van der Waals surface area contributed by atoms with Crippen molar-refractivity contribution in [2.75, 3.05) is 7.11 Å². The number of tetrazole rings is 1. The minimum atomic E-state index is -0.263. The van der Waals surface area contributed by atoms with Crippen molar-refractivity contribution < 1.29 is 4.74 Å². The van der Waals surface area contributed by atoms with E-state index in [4.69, 9.17) is 4.74 Å². The molecule has 4 rings (SSSR count). The zero-order valence-corrected chi connectivity index (χ0v) is 21.4. The number of aryl methyl sites for hydroxylation is 1. The molecule has 2 aromatic heterocycles. The Bertz CT molecular complexity index is 1350. The molecule has 0 aliphatic rings. The predicted molar refractivity (Wildman–Crippen MR) is 137 cm³/mol. The molecule has 0 aliphatic carbocycles. The summed E-state index contributed by atoms with van der Waals surface area (Å²) in [5.41, 5.74) is 3.47. The van der Waals surface area contributed by atoms with E-state index in [0.717, 1.165) is 23.1 Å². The first-order chi connectivity index (χ1) is 16.7. The highest BCUT2D eigenvalue weighted by Gasteiger charge is 2.29. The Balaban J connectivity index is 1.76. The zero-order valence-electron chi connectivity index (χ0n) is 21.4. The van der Waals surface area contributed by atoms with Gasteiger partial charge in [0.1, 0.15) is 5.75 Å². The van der Waals surface area contributed by atoms with Crippen molar-refractivity contribution in [1.82, 2.24) is 30.1 Å². The Kier molecular flexibility index (Phi) is 7.03. The van der Waals surface area contributed by atoms with Crippen LogP contribution >= 0.6 is 0 Å². The Morgan fingerprint density at radius 3 is 2.49 bits per heavy atom. The SMILES string of the molecule is CC[C@@H](c1nnnn1C(C)(C)C)N(Cc1ccc(C)cc1)Cc1cc2ccc(OC)cc2[nH]c1=O. The number of methoxy groups -OCH3 is 1. The molecule has 0 bridgehead atoms. The molecule has 2 heterocycles. The van der Waals surface area contributed by atoms with Crippen molar-refractivity contribution in [3.63, 3.8) is 0 Å². The molecule has 0 saturated carbocycles. The highest BCUT2D eigenvalue weighted by molar-refractivity contribution is 5.80. The average Bonchev–Trinajstić information content (AvgIpc) is 3.31. The van der Waals surface area contributed by atoms with Crippen molar-refractivity contribution >= 4 is 10.9 Å².